The van der Waals surface area contributed by atoms with Crippen molar-refractivity contribution in [3.63, 3.8) is 0 Å². The highest BCUT2D eigenvalue weighted by Gasteiger charge is 2.54. The molecular formula is C39H60B3N3O3S. The van der Waals surface area contributed by atoms with E-state index in [1.54, 1.807) is 0 Å². The number of aryl methyl sites for hydroxylation is 1. The van der Waals surface area contributed by atoms with Gasteiger partial charge in [0, 0.05) is 42.3 Å². The molecule has 6 rings (SSSR count). The fourth-order valence-corrected chi connectivity index (χ4v) is 10.3. The number of piperidine rings is 1. The number of nitrogens with zero attached hydrogens (tertiary/aromatic N) is 3. The Hall–Kier alpha value is -1.38. The van der Waals surface area contributed by atoms with E-state index in [0.29, 0.717) is 41.7 Å². The Morgan fingerprint density at radius 3 is 2.41 bits per heavy atom. The van der Waals surface area contributed by atoms with Crippen LogP contribution in [-0.4, -0.2) is 100 Å². The quantitative estimate of drug-likeness (QED) is 0.143. The number of fused-ring (bicyclic) bond motifs is 5. The lowest BCUT2D eigenvalue weighted by molar-refractivity contribution is -0.129. The number of likely N-dealkylation sites (tertiary alicyclic amines) is 2. The average molecular weight is 683 g/mol. The molecule has 0 bridgehead atoms. The molecule has 49 heavy (non-hydrogen) atoms. The van der Waals surface area contributed by atoms with E-state index in [2.05, 4.69) is 56.1 Å². The Balaban J connectivity index is 0.000000250. The van der Waals surface area contributed by atoms with Gasteiger partial charge >= 0.3 is 6.09 Å². The SMILES string of the molecule is CC12CCC3c4ccc(OC(=O)N5CCC(N6CCCC6)CC5)cc4CCC3C1CCC2=O.[B]C([B])([B])CCCCSN(C)C(C)(C)CC. The maximum Gasteiger partial charge on any atom is 0.415 e. The second-order valence-electron chi connectivity index (χ2n) is 16.6. The van der Waals surface area contributed by atoms with Gasteiger partial charge in [-0.2, -0.15) is 0 Å². The van der Waals surface area contributed by atoms with Crippen molar-refractivity contribution in [2.45, 2.75) is 140 Å². The van der Waals surface area contributed by atoms with Crippen LogP contribution in [0.5, 0.6) is 5.75 Å². The molecule has 5 aliphatic rings. The number of carbonyl (C=O) groups excluding carboxylic acids is 2. The molecule has 2 heterocycles. The summed E-state index contributed by atoms with van der Waals surface area (Å²) in [7, 11) is 18.7. The first kappa shape index (κ1) is 38.8. The summed E-state index contributed by atoms with van der Waals surface area (Å²) in [4.78, 5) is 29.9. The van der Waals surface area contributed by atoms with Gasteiger partial charge in [0.25, 0.3) is 0 Å². The van der Waals surface area contributed by atoms with Gasteiger partial charge in [0.2, 0.25) is 0 Å². The van der Waals surface area contributed by atoms with Crippen LogP contribution in [0.1, 0.15) is 128 Å². The summed E-state index contributed by atoms with van der Waals surface area (Å²) in [5.74, 6) is 4.03. The van der Waals surface area contributed by atoms with Gasteiger partial charge in [0.1, 0.15) is 11.5 Å². The van der Waals surface area contributed by atoms with Crippen LogP contribution in [0.2, 0.25) is 5.11 Å². The average Bonchev–Trinajstić information content (AvgIpc) is 3.72. The molecule has 2 saturated carbocycles. The monoisotopic (exact) mass is 683 g/mol. The summed E-state index contributed by atoms with van der Waals surface area (Å²) in [5, 5.41) is -1.00. The Kier molecular flexibility index (Phi) is 13.1. The predicted octanol–water partition coefficient (Wildman–Crippen LogP) is 7.68. The first-order chi connectivity index (χ1) is 23.2. The zero-order chi connectivity index (χ0) is 35.4. The fourth-order valence-electron chi connectivity index (χ4n) is 9.21. The zero-order valence-electron chi connectivity index (χ0n) is 31.2. The predicted molar refractivity (Wildman–Crippen MR) is 206 cm³/mol. The van der Waals surface area contributed by atoms with Gasteiger partial charge in [-0.1, -0.05) is 44.7 Å². The highest BCUT2D eigenvalue weighted by Crippen LogP contribution is 2.59. The van der Waals surface area contributed by atoms with Gasteiger partial charge in [-0.25, -0.2) is 9.10 Å². The number of benzene rings is 1. The molecule has 1 amide bonds. The first-order valence-corrected chi connectivity index (χ1v) is 20.3. The second kappa shape index (κ2) is 16.5. The number of ketones is 1. The number of amides is 1. The number of hydrogen-bond donors (Lipinski definition) is 0. The summed E-state index contributed by atoms with van der Waals surface area (Å²) in [5.41, 5.74) is 2.97. The molecule has 10 heteroatoms. The maximum absolute atomic E-state index is 12.8. The highest BCUT2D eigenvalue weighted by atomic mass is 32.2. The van der Waals surface area contributed by atoms with Crippen LogP contribution >= 0.6 is 11.9 Å². The topological polar surface area (TPSA) is 53.1 Å². The lowest BCUT2D eigenvalue weighted by Gasteiger charge is -2.48. The largest absolute Gasteiger partial charge is 0.415 e. The van der Waals surface area contributed by atoms with E-state index in [4.69, 9.17) is 28.3 Å². The molecule has 6 radical (unpaired) electrons. The Bertz CT molecular complexity index is 1280. The van der Waals surface area contributed by atoms with Crippen molar-refractivity contribution in [3.05, 3.63) is 29.3 Å². The van der Waals surface area contributed by atoms with Gasteiger partial charge in [-0.05, 0) is 146 Å². The van der Waals surface area contributed by atoms with Gasteiger partial charge < -0.3 is 14.5 Å². The Morgan fingerprint density at radius 1 is 1.02 bits per heavy atom. The zero-order valence-corrected chi connectivity index (χ0v) is 32.0. The summed E-state index contributed by atoms with van der Waals surface area (Å²) in [6.07, 6.45) is 14.7. The van der Waals surface area contributed by atoms with Crippen LogP contribution in [0.4, 0.5) is 4.79 Å². The minimum absolute atomic E-state index is 0.0730. The van der Waals surface area contributed by atoms with E-state index in [9.17, 15) is 9.59 Å². The van der Waals surface area contributed by atoms with E-state index >= 15 is 0 Å². The standard InChI is InChI=1S/C28H38N2O3.C11H22B3NS/c1-28-13-10-23-22-7-5-21(18-19(22)4-6-24(23)25(28)8-9-26(28)31)33-27(32)30-16-11-20(12-17-30)29-14-2-3-15-29;1-5-10(2,3)15(4)16-9-7-6-8-11(12,13)14/h5,7,18,20,23-25H,2-4,6,8-17H2,1H3;5-9H2,1-4H3. The molecule has 4 fully saturated rings. The first-order valence-electron chi connectivity index (χ1n) is 19.3. The van der Waals surface area contributed by atoms with Gasteiger partial charge in [0.05, 0.1) is 23.5 Å². The third kappa shape index (κ3) is 9.55. The number of carbonyl (C=O) groups is 2. The summed E-state index contributed by atoms with van der Waals surface area (Å²) < 4.78 is 8.17. The molecule has 6 nitrogen and oxygen atoms in total. The summed E-state index contributed by atoms with van der Waals surface area (Å²) >= 11 is 1.87. The van der Waals surface area contributed by atoms with Gasteiger partial charge in [-0.15, -0.1) is 5.11 Å². The lowest BCUT2D eigenvalue weighted by Crippen LogP contribution is -2.46. The smallest absolute Gasteiger partial charge is 0.410 e. The maximum atomic E-state index is 12.8. The molecule has 264 valence electrons. The number of hydrogen-bond acceptors (Lipinski definition) is 6. The van der Waals surface area contributed by atoms with E-state index in [1.807, 2.05) is 22.9 Å². The third-order valence-electron chi connectivity index (χ3n) is 13.0. The van der Waals surface area contributed by atoms with Crippen molar-refractivity contribution >= 4 is 47.4 Å². The van der Waals surface area contributed by atoms with Crippen molar-refractivity contribution in [2.24, 2.45) is 17.3 Å². The normalized spacial score (nSPS) is 27.7. The minimum atomic E-state index is -1.00. The van der Waals surface area contributed by atoms with Crippen LogP contribution < -0.4 is 4.74 Å². The minimum Gasteiger partial charge on any atom is -0.410 e. The van der Waals surface area contributed by atoms with Gasteiger partial charge in [-0.3, -0.25) is 4.79 Å². The second-order valence-corrected chi connectivity index (χ2v) is 17.8. The molecule has 1 aromatic rings. The van der Waals surface area contributed by atoms with E-state index in [0.717, 1.165) is 89.5 Å². The van der Waals surface area contributed by atoms with Crippen LogP contribution in [0.3, 0.4) is 0 Å². The number of Topliss-reactive ketones (excluding diaryl/α,β-unsaturated/α-hetero) is 1. The van der Waals surface area contributed by atoms with Crippen LogP contribution in [0, 0.1) is 17.3 Å². The fraction of sp³-hybridized carbons (Fsp3) is 0.795. The molecule has 4 atom stereocenters. The van der Waals surface area contributed by atoms with E-state index in [1.165, 1.54) is 37.1 Å². The number of rotatable bonds is 10. The van der Waals surface area contributed by atoms with Crippen LogP contribution in [0.25, 0.3) is 0 Å². The summed E-state index contributed by atoms with van der Waals surface area (Å²) in [6.45, 7) is 13.0. The van der Waals surface area contributed by atoms with Crippen LogP contribution in [0.15, 0.2) is 18.2 Å². The van der Waals surface area contributed by atoms with Gasteiger partial charge in [0.15, 0.2) is 0 Å². The highest BCUT2D eigenvalue weighted by molar-refractivity contribution is 7.97. The van der Waals surface area contributed by atoms with Crippen molar-refractivity contribution in [3.8, 4) is 5.75 Å². The molecule has 0 N–H and O–H groups in total. The van der Waals surface area contributed by atoms with Crippen molar-refractivity contribution < 1.29 is 14.3 Å². The molecule has 0 spiro atoms. The summed E-state index contributed by atoms with van der Waals surface area (Å²) in [6, 6.07) is 6.98. The van der Waals surface area contributed by atoms with E-state index < -0.39 is 5.11 Å². The van der Waals surface area contributed by atoms with Crippen LogP contribution in [-0.2, 0) is 11.2 Å². The van der Waals surface area contributed by atoms with Crippen molar-refractivity contribution in [1.29, 1.82) is 0 Å². The lowest BCUT2D eigenvalue weighted by atomic mass is 9.41. The molecule has 2 saturated heterocycles. The molecule has 4 unspecified atom stereocenters. The molecular weight excluding hydrogens is 623 g/mol. The van der Waals surface area contributed by atoms with E-state index in [-0.39, 0.29) is 17.0 Å². The van der Waals surface area contributed by atoms with Crippen molar-refractivity contribution in [2.75, 3.05) is 39.0 Å². The van der Waals surface area contributed by atoms with Crippen molar-refractivity contribution in [1.82, 2.24) is 14.1 Å². The number of unbranched alkanes of at least 4 members (excludes halogenated alkanes) is 1. The third-order valence-corrected chi connectivity index (χ3v) is 14.4. The Labute approximate surface area is 306 Å². The number of ether oxygens (including phenoxy) is 1. The molecule has 2 aliphatic heterocycles. The molecule has 0 aromatic heterocycles. The Morgan fingerprint density at radius 2 is 1.73 bits per heavy atom. The molecule has 3 aliphatic carbocycles. The molecule has 1 aromatic carbocycles.